The highest BCUT2D eigenvalue weighted by molar-refractivity contribution is 7.80. The fraction of sp³-hybridized carbons (Fsp3) is 0.200. The summed E-state index contributed by atoms with van der Waals surface area (Å²) >= 11 is 5.39. The Bertz CT molecular complexity index is 1040. The number of nitro benzene ring substituents is 1. The molecule has 0 aliphatic carbocycles. The summed E-state index contributed by atoms with van der Waals surface area (Å²) in [4.78, 5) is 26.9. The molecule has 2 heterocycles. The lowest BCUT2D eigenvalue weighted by molar-refractivity contribution is -0.384. The fourth-order valence-electron chi connectivity index (χ4n) is 3.28. The largest absolute Gasteiger partial charge is 0.451 e. The van der Waals surface area contributed by atoms with Gasteiger partial charge in [0.05, 0.1) is 4.92 Å². The van der Waals surface area contributed by atoms with Crippen molar-refractivity contribution >= 4 is 45.6 Å². The molecule has 1 N–H and O–H groups in total. The van der Waals surface area contributed by atoms with Crippen LogP contribution in [0.2, 0.25) is 0 Å². The number of rotatable bonds is 3. The Morgan fingerprint density at radius 3 is 2.41 bits per heavy atom. The number of para-hydroxylation sites is 1. The van der Waals surface area contributed by atoms with Crippen LogP contribution in [0.5, 0.6) is 0 Å². The summed E-state index contributed by atoms with van der Waals surface area (Å²) in [6.07, 6.45) is 0. The van der Waals surface area contributed by atoms with E-state index in [0.717, 1.165) is 11.1 Å². The molecule has 1 fully saturated rings. The highest BCUT2D eigenvalue weighted by Gasteiger charge is 2.22. The van der Waals surface area contributed by atoms with Crippen LogP contribution in [-0.4, -0.2) is 47.0 Å². The number of furan rings is 1. The van der Waals surface area contributed by atoms with E-state index in [1.165, 1.54) is 12.1 Å². The van der Waals surface area contributed by atoms with Crippen LogP contribution >= 0.6 is 12.2 Å². The first-order valence-electron chi connectivity index (χ1n) is 9.09. The molecule has 0 spiro atoms. The topological polar surface area (TPSA) is 91.9 Å². The Balaban J connectivity index is 1.33. The van der Waals surface area contributed by atoms with Gasteiger partial charge in [0.2, 0.25) is 0 Å². The average Bonchev–Trinajstić information content (AvgIpc) is 3.18. The SMILES string of the molecule is O=C(NC(=S)N1CCN(c2ccc([N+](=O)[O-])cc2)CC1)c1cc2ccccc2o1. The van der Waals surface area contributed by atoms with Crippen LogP contribution in [0.25, 0.3) is 11.0 Å². The van der Waals surface area contributed by atoms with Crippen molar-refractivity contribution in [1.82, 2.24) is 10.2 Å². The second-order valence-corrected chi connectivity index (χ2v) is 7.04. The number of carbonyl (C=O) groups is 1. The van der Waals surface area contributed by atoms with Crippen molar-refractivity contribution in [2.45, 2.75) is 0 Å². The molecule has 9 heteroatoms. The van der Waals surface area contributed by atoms with Crippen molar-refractivity contribution in [2.75, 3.05) is 31.1 Å². The predicted molar refractivity (Wildman–Crippen MR) is 113 cm³/mol. The minimum Gasteiger partial charge on any atom is -0.451 e. The maximum Gasteiger partial charge on any atom is 0.293 e. The molecule has 3 aromatic rings. The van der Waals surface area contributed by atoms with E-state index in [1.54, 1.807) is 18.2 Å². The Kier molecular flexibility index (Phi) is 5.13. The molecule has 0 atom stereocenters. The number of carbonyl (C=O) groups excluding carboxylic acids is 1. The van der Waals surface area contributed by atoms with Crippen LogP contribution in [0.3, 0.4) is 0 Å². The van der Waals surface area contributed by atoms with Gasteiger partial charge in [-0.05, 0) is 36.5 Å². The van der Waals surface area contributed by atoms with Crippen LogP contribution in [0.15, 0.2) is 59.0 Å². The number of piperazine rings is 1. The summed E-state index contributed by atoms with van der Waals surface area (Å²) in [6, 6.07) is 15.6. The van der Waals surface area contributed by atoms with Crippen LogP contribution in [0.4, 0.5) is 11.4 Å². The van der Waals surface area contributed by atoms with Crippen molar-refractivity contribution in [3.05, 3.63) is 70.5 Å². The highest BCUT2D eigenvalue weighted by Crippen LogP contribution is 2.21. The normalized spacial score (nSPS) is 14.1. The molecular formula is C20H18N4O4S. The summed E-state index contributed by atoms with van der Waals surface area (Å²) in [7, 11) is 0. The molecule has 148 valence electrons. The number of hydrogen-bond donors (Lipinski definition) is 1. The van der Waals surface area contributed by atoms with Gasteiger partial charge in [0.15, 0.2) is 10.9 Å². The molecule has 0 bridgehead atoms. The molecule has 1 amide bonds. The van der Waals surface area contributed by atoms with E-state index in [9.17, 15) is 14.9 Å². The number of benzene rings is 2. The molecule has 1 saturated heterocycles. The van der Waals surface area contributed by atoms with E-state index in [4.69, 9.17) is 16.6 Å². The Hall–Kier alpha value is -3.46. The molecule has 2 aromatic carbocycles. The predicted octanol–water partition coefficient (Wildman–Crippen LogP) is 3.18. The highest BCUT2D eigenvalue weighted by atomic mass is 32.1. The van der Waals surface area contributed by atoms with Crippen molar-refractivity contribution in [1.29, 1.82) is 0 Å². The van der Waals surface area contributed by atoms with Crippen LogP contribution in [0, 0.1) is 10.1 Å². The number of hydrogen-bond acceptors (Lipinski definition) is 6. The van der Waals surface area contributed by atoms with E-state index < -0.39 is 4.92 Å². The first-order chi connectivity index (χ1) is 14.0. The lowest BCUT2D eigenvalue weighted by Gasteiger charge is -2.37. The molecule has 1 aromatic heterocycles. The van der Waals surface area contributed by atoms with Crippen molar-refractivity contribution < 1.29 is 14.1 Å². The molecule has 29 heavy (non-hydrogen) atoms. The first-order valence-corrected chi connectivity index (χ1v) is 9.50. The minimum atomic E-state index is -0.412. The van der Waals surface area contributed by atoms with Gasteiger partial charge in [0.1, 0.15) is 5.58 Å². The summed E-state index contributed by atoms with van der Waals surface area (Å²) in [5.41, 5.74) is 1.65. The van der Waals surface area contributed by atoms with Gasteiger partial charge in [0.25, 0.3) is 11.6 Å². The van der Waals surface area contributed by atoms with Crippen molar-refractivity contribution in [2.24, 2.45) is 0 Å². The number of amides is 1. The summed E-state index contributed by atoms with van der Waals surface area (Å²) in [5, 5.41) is 14.7. The van der Waals surface area contributed by atoms with E-state index in [1.807, 2.05) is 29.2 Å². The fourth-order valence-corrected chi connectivity index (χ4v) is 3.56. The molecular weight excluding hydrogens is 392 g/mol. The maximum atomic E-state index is 12.5. The van der Waals surface area contributed by atoms with Crippen LogP contribution in [0.1, 0.15) is 10.6 Å². The third kappa shape index (κ3) is 4.04. The molecule has 4 rings (SSSR count). The van der Waals surface area contributed by atoms with Crippen LogP contribution < -0.4 is 10.2 Å². The number of nitro groups is 1. The van der Waals surface area contributed by atoms with E-state index in [2.05, 4.69) is 10.2 Å². The van der Waals surface area contributed by atoms with Gasteiger partial charge in [0, 0.05) is 49.4 Å². The molecule has 0 saturated carbocycles. The number of fused-ring (bicyclic) bond motifs is 1. The number of nitrogens with one attached hydrogen (secondary N) is 1. The Morgan fingerprint density at radius 1 is 1.07 bits per heavy atom. The quantitative estimate of drug-likeness (QED) is 0.403. The standard InChI is InChI=1S/C20H18N4O4S/c25-19(18-13-14-3-1-2-4-17(14)28-18)21-20(29)23-11-9-22(10-12-23)15-5-7-16(8-6-15)24(26)27/h1-8,13H,9-12H2,(H,21,25,29). The lowest BCUT2D eigenvalue weighted by Crippen LogP contribution is -2.52. The van der Waals surface area contributed by atoms with Gasteiger partial charge < -0.3 is 14.2 Å². The third-order valence-corrected chi connectivity index (χ3v) is 5.22. The number of nitrogens with zero attached hydrogens (tertiary/aromatic N) is 3. The zero-order chi connectivity index (χ0) is 20.4. The van der Waals surface area contributed by atoms with Crippen LogP contribution in [-0.2, 0) is 0 Å². The molecule has 0 unspecified atom stereocenters. The Morgan fingerprint density at radius 2 is 1.76 bits per heavy atom. The number of thiocarbonyl (C=S) groups is 1. The van der Waals surface area contributed by atoms with Gasteiger partial charge in [-0.25, -0.2) is 0 Å². The van der Waals surface area contributed by atoms with E-state index in [-0.39, 0.29) is 17.4 Å². The van der Waals surface area contributed by atoms with Gasteiger partial charge in [-0.3, -0.25) is 20.2 Å². The second kappa shape index (κ2) is 7.88. The zero-order valence-corrected chi connectivity index (χ0v) is 16.2. The van der Waals surface area contributed by atoms with Gasteiger partial charge in [-0.1, -0.05) is 18.2 Å². The smallest absolute Gasteiger partial charge is 0.293 e. The number of anilines is 1. The van der Waals surface area contributed by atoms with Crippen molar-refractivity contribution in [3.63, 3.8) is 0 Å². The zero-order valence-electron chi connectivity index (χ0n) is 15.4. The lowest BCUT2D eigenvalue weighted by atomic mass is 10.2. The average molecular weight is 410 g/mol. The monoisotopic (exact) mass is 410 g/mol. The van der Waals surface area contributed by atoms with Gasteiger partial charge in [-0.15, -0.1) is 0 Å². The van der Waals surface area contributed by atoms with E-state index in [0.29, 0.717) is 36.9 Å². The molecule has 1 aliphatic heterocycles. The summed E-state index contributed by atoms with van der Waals surface area (Å²) in [5.74, 6) is -0.151. The number of non-ortho nitro benzene ring substituents is 1. The summed E-state index contributed by atoms with van der Waals surface area (Å²) < 4.78 is 5.57. The van der Waals surface area contributed by atoms with Gasteiger partial charge >= 0.3 is 0 Å². The van der Waals surface area contributed by atoms with Crippen molar-refractivity contribution in [3.8, 4) is 0 Å². The first kappa shape index (κ1) is 18.9. The summed E-state index contributed by atoms with van der Waals surface area (Å²) in [6.45, 7) is 2.66. The third-order valence-electron chi connectivity index (χ3n) is 4.86. The van der Waals surface area contributed by atoms with Gasteiger partial charge in [-0.2, -0.15) is 0 Å². The van der Waals surface area contributed by atoms with E-state index >= 15 is 0 Å². The Labute approximate surface area is 171 Å². The maximum absolute atomic E-state index is 12.5. The molecule has 8 nitrogen and oxygen atoms in total. The molecule has 1 aliphatic rings. The second-order valence-electron chi connectivity index (χ2n) is 6.66. The minimum absolute atomic E-state index is 0.0712. The molecule has 0 radical (unpaired) electrons.